The van der Waals surface area contributed by atoms with Crippen LogP contribution in [0, 0.1) is 25.6 Å². The molecule has 35 heavy (non-hydrogen) atoms. The van der Waals surface area contributed by atoms with Crippen LogP contribution in [0.5, 0.6) is 0 Å². The number of hydrogen-bond donors (Lipinski definition) is 1. The number of nitrogens with zero attached hydrogens (tertiary/aromatic N) is 2. The lowest BCUT2D eigenvalue weighted by molar-refractivity contribution is -0.120. The summed E-state index contributed by atoms with van der Waals surface area (Å²) in [6.07, 6.45) is 3.92. The molecular weight excluding hydrogens is 493 g/mol. The Morgan fingerprint density at radius 3 is 2.74 bits per heavy atom. The third-order valence-corrected chi connectivity index (χ3v) is 8.21. The Balaban J connectivity index is 1.54. The van der Waals surface area contributed by atoms with Crippen molar-refractivity contribution in [3.05, 3.63) is 75.9 Å². The number of sulfonamides is 1. The van der Waals surface area contributed by atoms with Gasteiger partial charge in [0.15, 0.2) is 10.7 Å². The van der Waals surface area contributed by atoms with Crippen LogP contribution in [0.1, 0.15) is 35.4 Å². The average molecular weight is 518 g/mol. The van der Waals surface area contributed by atoms with Gasteiger partial charge in [0.25, 0.3) is 0 Å². The first-order chi connectivity index (χ1) is 16.7. The number of carbonyl (C=O) groups is 1. The quantitative estimate of drug-likeness (QED) is 0.479. The molecule has 1 saturated heterocycles. The van der Waals surface area contributed by atoms with Crippen molar-refractivity contribution in [3.8, 4) is 0 Å². The molecule has 4 rings (SSSR count). The van der Waals surface area contributed by atoms with Crippen LogP contribution in [-0.4, -0.2) is 36.9 Å². The fraction of sp³-hybridized carbons (Fsp3) is 0.280. The van der Waals surface area contributed by atoms with Crippen LogP contribution in [0.3, 0.4) is 0 Å². The van der Waals surface area contributed by atoms with Crippen molar-refractivity contribution in [3.63, 3.8) is 0 Å². The van der Waals surface area contributed by atoms with E-state index in [4.69, 9.17) is 16.1 Å². The van der Waals surface area contributed by atoms with E-state index in [1.807, 2.05) is 6.92 Å². The SMILES string of the molecule is Cc1cc(Cl)ccc1NC(=O)C1CCCN(S(=O)(=O)c2c(C)noc2/C=C/c2ccccc2F)C1. The standard InChI is InChI=1S/C25H25ClFN3O4S/c1-16-14-20(26)10-11-22(16)28-25(31)19-7-5-13-30(15-19)35(32,33)24-17(2)29-34-23(24)12-9-18-6-3-4-8-21(18)27/h3-4,6,8-12,14,19H,5,7,13,15H2,1-2H3,(H,28,31)/b12-9+. The first-order valence-corrected chi connectivity index (χ1v) is 12.9. The maximum Gasteiger partial charge on any atom is 0.248 e. The van der Waals surface area contributed by atoms with Crippen molar-refractivity contribution in [1.29, 1.82) is 0 Å². The number of benzene rings is 2. The van der Waals surface area contributed by atoms with Gasteiger partial charge in [-0.15, -0.1) is 0 Å². The minimum atomic E-state index is -4.01. The van der Waals surface area contributed by atoms with Crippen LogP contribution in [0.15, 0.2) is 51.9 Å². The highest BCUT2D eigenvalue weighted by Crippen LogP contribution is 2.30. The highest BCUT2D eigenvalue weighted by Gasteiger charge is 2.37. The van der Waals surface area contributed by atoms with Gasteiger partial charge in [-0.2, -0.15) is 4.31 Å². The van der Waals surface area contributed by atoms with Crippen LogP contribution in [-0.2, 0) is 14.8 Å². The van der Waals surface area contributed by atoms with E-state index in [0.29, 0.717) is 23.6 Å². The van der Waals surface area contributed by atoms with Crippen molar-refractivity contribution < 1.29 is 22.1 Å². The summed E-state index contributed by atoms with van der Waals surface area (Å²) in [5.74, 6) is -1.21. The summed E-state index contributed by atoms with van der Waals surface area (Å²) in [5.41, 5.74) is 1.94. The predicted molar refractivity (Wildman–Crippen MR) is 133 cm³/mol. The molecule has 0 radical (unpaired) electrons. The Labute approximate surface area is 208 Å². The highest BCUT2D eigenvalue weighted by atomic mass is 35.5. The molecular formula is C25H25ClFN3O4S. The zero-order valence-electron chi connectivity index (χ0n) is 19.3. The summed E-state index contributed by atoms with van der Waals surface area (Å²) in [7, 11) is -4.01. The number of hydrogen-bond acceptors (Lipinski definition) is 5. The van der Waals surface area contributed by atoms with E-state index in [-0.39, 0.29) is 40.9 Å². The van der Waals surface area contributed by atoms with Gasteiger partial charge in [-0.05, 0) is 68.7 Å². The van der Waals surface area contributed by atoms with Gasteiger partial charge in [0.1, 0.15) is 11.5 Å². The number of halogens is 2. The van der Waals surface area contributed by atoms with Gasteiger partial charge in [0.2, 0.25) is 15.9 Å². The second kappa shape index (κ2) is 10.3. The first-order valence-electron chi connectivity index (χ1n) is 11.1. The smallest absolute Gasteiger partial charge is 0.248 e. The molecule has 1 aliphatic rings. The molecule has 7 nitrogen and oxygen atoms in total. The number of carbonyl (C=O) groups excluding carboxylic acids is 1. The Morgan fingerprint density at radius 1 is 1.23 bits per heavy atom. The average Bonchev–Trinajstić information content (AvgIpc) is 3.21. The maximum absolute atomic E-state index is 14.0. The lowest BCUT2D eigenvalue weighted by Gasteiger charge is -2.31. The monoisotopic (exact) mass is 517 g/mol. The summed E-state index contributed by atoms with van der Waals surface area (Å²) < 4.78 is 47.6. The minimum Gasteiger partial charge on any atom is -0.355 e. The van der Waals surface area contributed by atoms with Crippen molar-refractivity contribution in [2.45, 2.75) is 31.6 Å². The third-order valence-electron chi connectivity index (χ3n) is 5.95. The van der Waals surface area contributed by atoms with Gasteiger partial charge in [0.05, 0.1) is 5.92 Å². The van der Waals surface area contributed by atoms with E-state index < -0.39 is 21.8 Å². The molecule has 1 N–H and O–H groups in total. The number of aryl methyl sites for hydroxylation is 2. The van der Waals surface area contributed by atoms with Gasteiger partial charge in [-0.3, -0.25) is 4.79 Å². The van der Waals surface area contributed by atoms with Crippen LogP contribution >= 0.6 is 11.6 Å². The van der Waals surface area contributed by atoms with Gasteiger partial charge in [-0.25, -0.2) is 12.8 Å². The normalized spacial score (nSPS) is 17.1. The molecule has 1 unspecified atom stereocenters. The molecule has 184 valence electrons. The highest BCUT2D eigenvalue weighted by molar-refractivity contribution is 7.89. The predicted octanol–water partition coefficient (Wildman–Crippen LogP) is 5.29. The van der Waals surface area contributed by atoms with E-state index in [9.17, 15) is 17.6 Å². The molecule has 2 aromatic carbocycles. The summed E-state index contributed by atoms with van der Waals surface area (Å²) in [6, 6.07) is 11.3. The van der Waals surface area contributed by atoms with Gasteiger partial charge in [-0.1, -0.05) is 35.0 Å². The fourth-order valence-electron chi connectivity index (χ4n) is 4.08. The lowest BCUT2D eigenvalue weighted by Crippen LogP contribution is -2.44. The van der Waals surface area contributed by atoms with Gasteiger partial charge in [0, 0.05) is 29.4 Å². The van der Waals surface area contributed by atoms with E-state index >= 15 is 0 Å². The van der Waals surface area contributed by atoms with E-state index in [1.165, 1.54) is 29.4 Å². The van der Waals surface area contributed by atoms with Crippen LogP contribution < -0.4 is 5.32 Å². The molecule has 1 amide bonds. The Kier molecular flexibility index (Phi) is 7.39. The number of anilines is 1. The third kappa shape index (κ3) is 5.47. The molecule has 0 bridgehead atoms. The second-order valence-electron chi connectivity index (χ2n) is 8.47. The number of amides is 1. The Morgan fingerprint density at radius 2 is 2.00 bits per heavy atom. The van der Waals surface area contributed by atoms with E-state index in [1.54, 1.807) is 36.4 Å². The molecule has 1 fully saturated rings. The van der Waals surface area contributed by atoms with Crippen molar-refractivity contribution >= 4 is 45.4 Å². The topological polar surface area (TPSA) is 92.5 Å². The summed E-state index contributed by atoms with van der Waals surface area (Å²) in [4.78, 5) is 12.9. The molecule has 2 heterocycles. The fourth-order valence-corrected chi connectivity index (χ4v) is 6.08. The summed E-state index contributed by atoms with van der Waals surface area (Å²) >= 11 is 5.99. The summed E-state index contributed by atoms with van der Waals surface area (Å²) in [5, 5.41) is 7.28. The molecule has 0 aliphatic carbocycles. The number of nitrogens with one attached hydrogen (secondary N) is 1. The number of piperidine rings is 1. The molecule has 0 saturated carbocycles. The Hall–Kier alpha value is -3.01. The minimum absolute atomic E-state index is 0.00844. The number of rotatable bonds is 6. The van der Waals surface area contributed by atoms with Crippen LogP contribution in [0.2, 0.25) is 5.02 Å². The van der Waals surface area contributed by atoms with Crippen molar-refractivity contribution in [1.82, 2.24) is 9.46 Å². The molecule has 1 atom stereocenters. The molecule has 1 aromatic heterocycles. The van der Waals surface area contributed by atoms with E-state index in [2.05, 4.69) is 10.5 Å². The Bertz CT molecular complexity index is 1390. The molecule has 1 aliphatic heterocycles. The van der Waals surface area contributed by atoms with E-state index in [0.717, 1.165) is 5.56 Å². The first kappa shape index (κ1) is 25.1. The zero-order valence-corrected chi connectivity index (χ0v) is 20.9. The zero-order chi connectivity index (χ0) is 25.2. The van der Waals surface area contributed by atoms with Gasteiger partial charge < -0.3 is 9.84 Å². The van der Waals surface area contributed by atoms with Crippen LogP contribution in [0.25, 0.3) is 12.2 Å². The van der Waals surface area contributed by atoms with Crippen LogP contribution in [0.4, 0.5) is 10.1 Å². The maximum atomic E-state index is 14.0. The van der Waals surface area contributed by atoms with Crippen molar-refractivity contribution in [2.75, 3.05) is 18.4 Å². The molecule has 10 heteroatoms. The number of aromatic nitrogens is 1. The lowest BCUT2D eigenvalue weighted by atomic mass is 9.98. The molecule has 3 aromatic rings. The summed E-state index contributed by atoms with van der Waals surface area (Å²) in [6.45, 7) is 3.67. The molecule has 0 spiro atoms. The van der Waals surface area contributed by atoms with Gasteiger partial charge >= 0.3 is 0 Å². The largest absolute Gasteiger partial charge is 0.355 e. The second-order valence-corrected chi connectivity index (χ2v) is 10.8. The van der Waals surface area contributed by atoms with Crippen molar-refractivity contribution in [2.24, 2.45) is 5.92 Å².